The Hall–Kier alpha value is -1.00. The van der Waals surface area contributed by atoms with Gasteiger partial charge >= 0.3 is 0 Å². The molecule has 1 aromatic rings. The third-order valence-electron chi connectivity index (χ3n) is 3.90. The lowest BCUT2D eigenvalue weighted by Gasteiger charge is -2.33. The number of rotatable bonds is 4. The van der Waals surface area contributed by atoms with Gasteiger partial charge in [-0.05, 0) is 50.4 Å². The Morgan fingerprint density at radius 3 is 2.58 bits per heavy atom. The lowest BCUT2D eigenvalue weighted by Crippen LogP contribution is -2.38. The number of likely N-dealkylation sites (tertiary alicyclic amines) is 1. The van der Waals surface area contributed by atoms with E-state index >= 15 is 0 Å². The van der Waals surface area contributed by atoms with Crippen LogP contribution in [-0.4, -0.2) is 29.1 Å². The zero-order valence-corrected chi connectivity index (χ0v) is 11.3. The summed E-state index contributed by atoms with van der Waals surface area (Å²) in [6.45, 7) is 4.00. The molecule has 1 aliphatic rings. The van der Waals surface area contributed by atoms with Crippen molar-refractivity contribution in [2.75, 3.05) is 13.1 Å². The Morgan fingerprint density at radius 2 is 1.95 bits per heavy atom. The summed E-state index contributed by atoms with van der Waals surface area (Å²) in [6, 6.07) is 3.76. The van der Waals surface area contributed by atoms with Crippen molar-refractivity contribution in [3.05, 3.63) is 35.4 Å². The molecule has 0 aromatic heterocycles. The van der Waals surface area contributed by atoms with Crippen LogP contribution in [0, 0.1) is 11.6 Å². The van der Waals surface area contributed by atoms with E-state index in [9.17, 15) is 13.9 Å². The van der Waals surface area contributed by atoms with Crippen LogP contribution in [0.15, 0.2) is 18.2 Å². The van der Waals surface area contributed by atoms with Crippen molar-refractivity contribution in [1.29, 1.82) is 0 Å². The van der Waals surface area contributed by atoms with E-state index in [0.29, 0.717) is 18.0 Å². The summed E-state index contributed by atoms with van der Waals surface area (Å²) >= 11 is 0. The fraction of sp³-hybridized carbons (Fsp3) is 0.600. The van der Waals surface area contributed by atoms with Crippen molar-refractivity contribution in [2.24, 2.45) is 0 Å². The standard InChI is InChI=1S/C15H21F2NO/c1-11-4-2-3-6-18(11)7-5-15(19)12-8-13(16)10-14(17)9-12/h8-11,15,19H,2-7H2,1H3. The Labute approximate surface area is 113 Å². The maximum atomic E-state index is 13.1. The number of nitrogens with zero attached hydrogens (tertiary/aromatic N) is 1. The van der Waals surface area contributed by atoms with Gasteiger partial charge in [-0.1, -0.05) is 6.42 Å². The van der Waals surface area contributed by atoms with Crippen molar-refractivity contribution in [1.82, 2.24) is 4.90 Å². The molecular formula is C15H21F2NO. The lowest BCUT2D eigenvalue weighted by atomic mass is 10.0. The molecule has 1 aliphatic heterocycles. The van der Waals surface area contributed by atoms with Crippen LogP contribution in [-0.2, 0) is 0 Å². The summed E-state index contributed by atoms with van der Waals surface area (Å²) in [7, 11) is 0. The number of hydrogen-bond acceptors (Lipinski definition) is 2. The first-order valence-electron chi connectivity index (χ1n) is 6.94. The van der Waals surface area contributed by atoms with E-state index in [4.69, 9.17) is 0 Å². The SMILES string of the molecule is CC1CCCCN1CCC(O)c1cc(F)cc(F)c1. The molecule has 1 fully saturated rings. The van der Waals surface area contributed by atoms with E-state index in [1.54, 1.807) is 0 Å². The number of piperidine rings is 1. The highest BCUT2D eigenvalue weighted by molar-refractivity contribution is 5.20. The van der Waals surface area contributed by atoms with Gasteiger partial charge in [0.15, 0.2) is 0 Å². The van der Waals surface area contributed by atoms with Gasteiger partial charge in [-0.25, -0.2) is 8.78 Å². The van der Waals surface area contributed by atoms with Crippen molar-refractivity contribution >= 4 is 0 Å². The molecule has 0 bridgehead atoms. The monoisotopic (exact) mass is 269 g/mol. The van der Waals surface area contributed by atoms with Gasteiger partial charge in [0, 0.05) is 18.7 Å². The van der Waals surface area contributed by atoms with Crippen LogP contribution in [0.5, 0.6) is 0 Å². The fourth-order valence-electron chi connectivity index (χ4n) is 2.71. The minimum atomic E-state index is -0.806. The summed E-state index contributed by atoms with van der Waals surface area (Å²) in [6.07, 6.45) is 3.33. The quantitative estimate of drug-likeness (QED) is 0.907. The third kappa shape index (κ3) is 3.98. The largest absolute Gasteiger partial charge is 0.388 e. The molecule has 19 heavy (non-hydrogen) atoms. The van der Waals surface area contributed by atoms with Crippen LogP contribution >= 0.6 is 0 Å². The number of aliphatic hydroxyl groups excluding tert-OH is 1. The normalized spacial score (nSPS) is 22.4. The van der Waals surface area contributed by atoms with E-state index in [-0.39, 0.29) is 0 Å². The maximum Gasteiger partial charge on any atom is 0.126 e. The molecule has 2 atom stereocenters. The predicted octanol–water partition coefficient (Wildman–Crippen LogP) is 3.26. The zero-order valence-electron chi connectivity index (χ0n) is 11.3. The van der Waals surface area contributed by atoms with E-state index in [1.807, 2.05) is 0 Å². The molecule has 0 spiro atoms. The van der Waals surface area contributed by atoms with Crippen molar-refractivity contribution in [2.45, 2.75) is 44.8 Å². The molecular weight excluding hydrogens is 248 g/mol. The summed E-state index contributed by atoms with van der Waals surface area (Å²) in [5.41, 5.74) is 0.321. The lowest BCUT2D eigenvalue weighted by molar-refractivity contribution is 0.109. The molecule has 0 aliphatic carbocycles. The van der Waals surface area contributed by atoms with Crippen molar-refractivity contribution in [3.63, 3.8) is 0 Å². The molecule has 0 saturated carbocycles. The van der Waals surface area contributed by atoms with Crippen LogP contribution in [0.3, 0.4) is 0 Å². The van der Waals surface area contributed by atoms with Gasteiger partial charge in [0.05, 0.1) is 6.10 Å². The van der Waals surface area contributed by atoms with Gasteiger partial charge in [0.25, 0.3) is 0 Å². The van der Waals surface area contributed by atoms with Gasteiger partial charge in [0.1, 0.15) is 11.6 Å². The van der Waals surface area contributed by atoms with E-state index in [0.717, 1.165) is 19.2 Å². The number of aliphatic hydroxyl groups is 1. The first-order valence-corrected chi connectivity index (χ1v) is 6.94. The second kappa shape index (κ2) is 6.44. The first kappa shape index (κ1) is 14.4. The van der Waals surface area contributed by atoms with Gasteiger partial charge in [0.2, 0.25) is 0 Å². The fourth-order valence-corrected chi connectivity index (χ4v) is 2.71. The summed E-state index contributed by atoms with van der Waals surface area (Å²) < 4.78 is 26.2. The van der Waals surface area contributed by atoms with Crippen LogP contribution < -0.4 is 0 Å². The predicted molar refractivity (Wildman–Crippen MR) is 70.8 cm³/mol. The first-order chi connectivity index (χ1) is 9.06. The van der Waals surface area contributed by atoms with Crippen LogP contribution in [0.2, 0.25) is 0 Å². The molecule has 2 nitrogen and oxygen atoms in total. The second-order valence-electron chi connectivity index (χ2n) is 5.39. The van der Waals surface area contributed by atoms with E-state index in [1.165, 1.54) is 31.4 Å². The minimum Gasteiger partial charge on any atom is -0.388 e. The molecule has 0 amide bonds. The molecule has 4 heteroatoms. The average Bonchev–Trinajstić information content (AvgIpc) is 2.36. The molecule has 1 aromatic carbocycles. The Kier molecular flexibility index (Phi) is 4.88. The summed E-state index contributed by atoms with van der Waals surface area (Å²) in [4.78, 5) is 2.34. The highest BCUT2D eigenvalue weighted by Gasteiger charge is 2.19. The van der Waals surface area contributed by atoms with E-state index < -0.39 is 17.7 Å². The topological polar surface area (TPSA) is 23.5 Å². The third-order valence-corrected chi connectivity index (χ3v) is 3.90. The number of benzene rings is 1. The average molecular weight is 269 g/mol. The summed E-state index contributed by atoms with van der Waals surface area (Å²) in [5.74, 6) is -1.28. The van der Waals surface area contributed by atoms with Crippen LogP contribution in [0.1, 0.15) is 44.3 Å². The van der Waals surface area contributed by atoms with Gasteiger partial charge < -0.3 is 10.0 Å². The minimum absolute atomic E-state index is 0.321. The Morgan fingerprint density at radius 1 is 1.26 bits per heavy atom. The highest BCUT2D eigenvalue weighted by atomic mass is 19.1. The molecule has 1 saturated heterocycles. The van der Waals surface area contributed by atoms with Crippen LogP contribution in [0.25, 0.3) is 0 Å². The van der Waals surface area contributed by atoms with Gasteiger partial charge in [-0.15, -0.1) is 0 Å². The molecule has 1 heterocycles. The second-order valence-corrected chi connectivity index (χ2v) is 5.39. The molecule has 1 N–H and O–H groups in total. The Bertz CT molecular complexity index is 404. The smallest absolute Gasteiger partial charge is 0.126 e. The van der Waals surface area contributed by atoms with Crippen LogP contribution in [0.4, 0.5) is 8.78 Å². The summed E-state index contributed by atoms with van der Waals surface area (Å²) in [5, 5.41) is 10.0. The van der Waals surface area contributed by atoms with Crippen molar-refractivity contribution in [3.8, 4) is 0 Å². The zero-order chi connectivity index (χ0) is 13.8. The molecule has 2 rings (SSSR count). The maximum absolute atomic E-state index is 13.1. The Balaban J connectivity index is 1.91. The number of halogens is 2. The van der Waals surface area contributed by atoms with Crippen molar-refractivity contribution < 1.29 is 13.9 Å². The van der Waals surface area contributed by atoms with Gasteiger partial charge in [-0.2, -0.15) is 0 Å². The number of hydrogen-bond donors (Lipinski definition) is 1. The van der Waals surface area contributed by atoms with E-state index in [2.05, 4.69) is 11.8 Å². The molecule has 0 radical (unpaired) electrons. The molecule has 106 valence electrons. The highest BCUT2D eigenvalue weighted by Crippen LogP contribution is 2.22. The van der Waals surface area contributed by atoms with Gasteiger partial charge in [-0.3, -0.25) is 0 Å². The molecule has 2 unspecified atom stereocenters.